The summed E-state index contributed by atoms with van der Waals surface area (Å²) in [4.78, 5) is 13.4. The summed E-state index contributed by atoms with van der Waals surface area (Å²) in [6.07, 6.45) is 2.01. The molecule has 86 valence electrons. The average molecular weight is 244 g/mol. The molecular weight excluding hydrogens is 232 g/mol. The number of furan rings is 1. The summed E-state index contributed by atoms with van der Waals surface area (Å²) in [6, 6.07) is 11.8. The lowest BCUT2D eigenvalue weighted by Crippen LogP contribution is -2.14. The van der Waals surface area contributed by atoms with Gasteiger partial charge in [-0.3, -0.25) is 4.79 Å². The van der Waals surface area contributed by atoms with Gasteiger partial charge in [-0.25, -0.2) is 0 Å². The molecule has 0 saturated heterocycles. The Labute approximate surface area is 104 Å². The van der Waals surface area contributed by atoms with Crippen molar-refractivity contribution in [2.75, 3.05) is 5.75 Å². The Hall–Kier alpha value is -1.48. The quantitative estimate of drug-likeness (QED) is 0.830. The third-order valence-electron chi connectivity index (χ3n) is 3.02. The van der Waals surface area contributed by atoms with Crippen LogP contribution in [-0.2, 0) is 11.2 Å². The van der Waals surface area contributed by atoms with Gasteiger partial charge in [-0.2, -0.15) is 0 Å². The zero-order chi connectivity index (χ0) is 11.7. The van der Waals surface area contributed by atoms with Gasteiger partial charge in [0.25, 0.3) is 0 Å². The van der Waals surface area contributed by atoms with Gasteiger partial charge in [0.15, 0.2) is 0 Å². The van der Waals surface area contributed by atoms with Gasteiger partial charge in [-0.1, -0.05) is 18.2 Å². The molecular formula is C14H12O2S. The molecule has 0 fully saturated rings. The molecule has 1 unspecified atom stereocenters. The number of rotatable bonds is 3. The first-order valence-corrected chi connectivity index (χ1v) is 6.60. The van der Waals surface area contributed by atoms with E-state index in [1.54, 1.807) is 18.0 Å². The number of fused-ring (bicyclic) bond motifs is 1. The van der Waals surface area contributed by atoms with Crippen LogP contribution < -0.4 is 0 Å². The molecule has 1 aliphatic rings. The summed E-state index contributed by atoms with van der Waals surface area (Å²) in [6.45, 7) is 0. The van der Waals surface area contributed by atoms with E-state index in [2.05, 4.69) is 12.1 Å². The van der Waals surface area contributed by atoms with Crippen molar-refractivity contribution >= 4 is 17.5 Å². The molecule has 1 atom stereocenters. The molecule has 0 saturated carbocycles. The third kappa shape index (κ3) is 2.03. The molecule has 0 radical (unpaired) electrons. The van der Waals surface area contributed by atoms with E-state index in [9.17, 15) is 4.79 Å². The number of carbonyl (C=O) groups is 1. The Morgan fingerprint density at radius 3 is 3.00 bits per heavy atom. The summed E-state index contributed by atoms with van der Waals surface area (Å²) in [5, 5.41) is 0. The van der Waals surface area contributed by atoms with Gasteiger partial charge in [-0.05, 0) is 23.8 Å². The van der Waals surface area contributed by atoms with E-state index in [1.807, 2.05) is 24.3 Å². The van der Waals surface area contributed by atoms with E-state index >= 15 is 0 Å². The molecule has 0 N–H and O–H groups in total. The first-order chi connectivity index (χ1) is 8.34. The fraction of sp³-hybridized carbons (Fsp3) is 0.214. The number of ketones is 1. The number of hydrogen-bond donors (Lipinski definition) is 0. The van der Waals surface area contributed by atoms with Crippen LogP contribution in [0, 0.1) is 0 Å². The van der Waals surface area contributed by atoms with Gasteiger partial charge in [0.05, 0.1) is 18.6 Å². The number of thioether (sulfide) groups is 1. The molecule has 0 amide bonds. The molecule has 1 aromatic heterocycles. The Morgan fingerprint density at radius 1 is 1.29 bits per heavy atom. The van der Waals surface area contributed by atoms with Gasteiger partial charge in [0.1, 0.15) is 11.5 Å². The minimum Gasteiger partial charge on any atom is -0.469 e. The average Bonchev–Trinajstić information content (AvgIpc) is 2.96. The largest absolute Gasteiger partial charge is 0.469 e. The van der Waals surface area contributed by atoms with Crippen molar-refractivity contribution in [2.45, 2.75) is 17.2 Å². The van der Waals surface area contributed by atoms with Crippen LogP contribution in [0.1, 0.15) is 17.2 Å². The first kappa shape index (κ1) is 10.7. The van der Waals surface area contributed by atoms with Crippen molar-refractivity contribution in [3.8, 4) is 0 Å². The van der Waals surface area contributed by atoms with Crippen molar-refractivity contribution in [1.82, 2.24) is 0 Å². The van der Waals surface area contributed by atoms with Gasteiger partial charge in [0.2, 0.25) is 0 Å². The Kier molecular flexibility index (Phi) is 2.77. The highest BCUT2D eigenvalue weighted by molar-refractivity contribution is 7.99. The molecule has 1 aliphatic heterocycles. The monoisotopic (exact) mass is 244 g/mol. The van der Waals surface area contributed by atoms with Crippen molar-refractivity contribution in [3.05, 3.63) is 54.0 Å². The van der Waals surface area contributed by atoms with Crippen LogP contribution >= 0.6 is 11.8 Å². The Bertz CT molecular complexity index is 531. The maximum Gasteiger partial charge on any atom is 0.148 e. The second-order valence-electron chi connectivity index (χ2n) is 4.12. The van der Waals surface area contributed by atoms with Crippen LogP contribution in [0.2, 0.25) is 0 Å². The lowest BCUT2D eigenvalue weighted by Gasteiger charge is -2.08. The highest BCUT2D eigenvalue weighted by Gasteiger charge is 2.28. The molecule has 0 spiro atoms. The van der Waals surface area contributed by atoms with Crippen molar-refractivity contribution in [1.29, 1.82) is 0 Å². The molecule has 0 bridgehead atoms. The van der Waals surface area contributed by atoms with Crippen molar-refractivity contribution in [3.63, 3.8) is 0 Å². The Balaban J connectivity index is 1.80. The summed E-state index contributed by atoms with van der Waals surface area (Å²) < 4.78 is 5.22. The van der Waals surface area contributed by atoms with Crippen LogP contribution in [0.15, 0.2) is 52.0 Å². The minimum absolute atomic E-state index is 0.0290. The second kappa shape index (κ2) is 4.41. The molecule has 17 heavy (non-hydrogen) atoms. The number of hydrogen-bond acceptors (Lipinski definition) is 3. The molecule has 2 nitrogen and oxygen atoms in total. The predicted octanol–water partition coefficient (Wildman–Crippen LogP) is 3.28. The molecule has 1 aromatic carbocycles. The summed E-state index contributed by atoms with van der Waals surface area (Å²) >= 11 is 1.77. The third-order valence-corrected chi connectivity index (χ3v) is 4.20. The van der Waals surface area contributed by atoms with Crippen LogP contribution in [0.3, 0.4) is 0 Å². The number of Topliss-reactive ketones (excluding diaryl/α,β-unsaturated/α-hetero) is 1. The lowest BCUT2D eigenvalue weighted by molar-refractivity contribution is -0.119. The lowest BCUT2D eigenvalue weighted by atomic mass is 9.94. The van der Waals surface area contributed by atoms with Crippen molar-refractivity contribution in [2.24, 2.45) is 0 Å². The van der Waals surface area contributed by atoms with E-state index in [0.717, 1.165) is 11.5 Å². The zero-order valence-corrected chi connectivity index (χ0v) is 10.1. The van der Waals surface area contributed by atoms with E-state index in [0.29, 0.717) is 6.42 Å². The molecule has 0 aliphatic carbocycles. The normalized spacial score (nSPS) is 18.0. The predicted molar refractivity (Wildman–Crippen MR) is 67.3 cm³/mol. The summed E-state index contributed by atoms with van der Waals surface area (Å²) in [5.74, 6) is 1.89. The van der Waals surface area contributed by atoms with Gasteiger partial charge >= 0.3 is 0 Å². The topological polar surface area (TPSA) is 30.2 Å². The SMILES string of the molecule is O=C(Cc1ccco1)C1CSc2ccccc21. The van der Waals surface area contributed by atoms with E-state index in [1.165, 1.54) is 10.5 Å². The first-order valence-electron chi connectivity index (χ1n) is 5.61. The highest BCUT2D eigenvalue weighted by atomic mass is 32.2. The standard InChI is InChI=1S/C14H12O2S/c15-13(8-10-4-3-7-16-10)12-9-17-14-6-2-1-5-11(12)14/h1-7,12H,8-9H2. The fourth-order valence-electron chi connectivity index (χ4n) is 2.14. The fourth-order valence-corrected chi connectivity index (χ4v) is 3.40. The molecule has 2 aromatic rings. The second-order valence-corrected chi connectivity index (χ2v) is 5.19. The molecule has 3 rings (SSSR count). The maximum atomic E-state index is 12.2. The summed E-state index contributed by atoms with van der Waals surface area (Å²) in [7, 11) is 0. The minimum atomic E-state index is 0.0290. The van der Waals surface area contributed by atoms with E-state index in [4.69, 9.17) is 4.42 Å². The van der Waals surface area contributed by atoms with Gasteiger partial charge < -0.3 is 4.42 Å². The number of benzene rings is 1. The van der Waals surface area contributed by atoms with Crippen LogP contribution in [0.4, 0.5) is 0 Å². The van der Waals surface area contributed by atoms with Crippen LogP contribution in [-0.4, -0.2) is 11.5 Å². The highest BCUT2D eigenvalue weighted by Crippen LogP contribution is 2.40. The molecule has 3 heteroatoms. The summed E-state index contributed by atoms with van der Waals surface area (Å²) in [5.41, 5.74) is 1.18. The number of carbonyl (C=O) groups excluding carboxylic acids is 1. The van der Waals surface area contributed by atoms with E-state index in [-0.39, 0.29) is 11.7 Å². The van der Waals surface area contributed by atoms with Gasteiger partial charge in [-0.15, -0.1) is 11.8 Å². The van der Waals surface area contributed by atoms with E-state index < -0.39 is 0 Å². The van der Waals surface area contributed by atoms with Gasteiger partial charge in [0, 0.05) is 10.6 Å². The maximum absolute atomic E-state index is 12.2. The zero-order valence-electron chi connectivity index (χ0n) is 9.26. The van der Waals surface area contributed by atoms with Crippen LogP contribution in [0.5, 0.6) is 0 Å². The smallest absolute Gasteiger partial charge is 0.148 e. The van der Waals surface area contributed by atoms with Crippen molar-refractivity contribution < 1.29 is 9.21 Å². The Morgan fingerprint density at radius 2 is 2.18 bits per heavy atom. The molecule has 2 heterocycles. The van der Waals surface area contributed by atoms with Crippen LogP contribution in [0.25, 0.3) is 0 Å².